The summed E-state index contributed by atoms with van der Waals surface area (Å²) in [5, 5.41) is 5.86. The number of oxazole rings is 1. The monoisotopic (exact) mass is 481 g/mol. The van der Waals surface area contributed by atoms with Gasteiger partial charge in [0.25, 0.3) is 5.91 Å². The molecule has 1 amide bonds. The topological polar surface area (TPSA) is 76.4 Å². The van der Waals surface area contributed by atoms with Crippen molar-refractivity contribution in [2.45, 2.75) is 0 Å². The lowest BCUT2D eigenvalue weighted by molar-refractivity contribution is 0.0977. The molecule has 2 N–H and O–H groups in total. The van der Waals surface area contributed by atoms with Gasteiger partial charge in [0.05, 0.1) is 7.11 Å². The molecule has 4 rings (SSSR count). The van der Waals surface area contributed by atoms with E-state index in [1.54, 1.807) is 43.5 Å². The minimum Gasteiger partial charge on any atom is -0.497 e. The van der Waals surface area contributed by atoms with Gasteiger partial charge in [-0.1, -0.05) is 28.1 Å². The summed E-state index contributed by atoms with van der Waals surface area (Å²) in [5.41, 5.74) is 3.31. The first-order valence-corrected chi connectivity index (χ1v) is 10.1. The molecular formula is C22H16BrN3O3S. The van der Waals surface area contributed by atoms with E-state index in [1.165, 1.54) is 0 Å². The van der Waals surface area contributed by atoms with Crippen molar-refractivity contribution in [1.29, 1.82) is 0 Å². The van der Waals surface area contributed by atoms with Crippen molar-refractivity contribution in [3.8, 4) is 17.2 Å². The van der Waals surface area contributed by atoms with Crippen LogP contribution in [0.2, 0.25) is 0 Å². The predicted molar refractivity (Wildman–Crippen MR) is 124 cm³/mol. The Bertz CT molecular complexity index is 1260. The lowest BCUT2D eigenvalue weighted by Crippen LogP contribution is -2.34. The summed E-state index contributed by atoms with van der Waals surface area (Å²) < 4.78 is 11.9. The number of amides is 1. The molecule has 0 radical (unpaired) electrons. The number of fused-ring (bicyclic) bond motifs is 1. The Balaban J connectivity index is 1.49. The largest absolute Gasteiger partial charge is 0.497 e. The first kappa shape index (κ1) is 20.1. The van der Waals surface area contributed by atoms with Crippen molar-refractivity contribution in [1.82, 2.24) is 10.3 Å². The van der Waals surface area contributed by atoms with E-state index in [0.29, 0.717) is 28.2 Å². The Morgan fingerprint density at radius 1 is 1.10 bits per heavy atom. The lowest BCUT2D eigenvalue weighted by atomic mass is 10.2. The maximum Gasteiger partial charge on any atom is 0.257 e. The number of anilines is 1. The van der Waals surface area contributed by atoms with Crippen LogP contribution >= 0.6 is 28.1 Å². The highest BCUT2D eigenvalue weighted by molar-refractivity contribution is 9.10. The number of benzene rings is 3. The summed E-state index contributed by atoms with van der Waals surface area (Å²) in [5.74, 6) is 0.923. The van der Waals surface area contributed by atoms with Crippen LogP contribution in [-0.4, -0.2) is 23.1 Å². The number of carbonyl (C=O) groups excluding carboxylic acids is 1. The molecule has 0 fully saturated rings. The second-order valence-corrected chi connectivity index (χ2v) is 7.68. The molecule has 1 aromatic heterocycles. The Kier molecular flexibility index (Phi) is 5.78. The van der Waals surface area contributed by atoms with Gasteiger partial charge in [0.2, 0.25) is 5.89 Å². The van der Waals surface area contributed by atoms with Gasteiger partial charge in [0.1, 0.15) is 11.3 Å². The molecule has 150 valence electrons. The molecule has 0 unspecified atom stereocenters. The number of hydrogen-bond acceptors (Lipinski definition) is 5. The van der Waals surface area contributed by atoms with Gasteiger partial charge >= 0.3 is 0 Å². The Labute approximate surface area is 186 Å². The Morgan fingerprint density at radius 2 is 1.93 bits per heavy atom. The van der Waals surface area contributed by atoms with E-state index in [-0.39, 0.29) is 11.0 Å². The molecule has 8 heteroatoms. The van der Waals surface area contributed by atoms with Gasteiger partial charge in [0.15, 0.2) is 10.7 Å². The van der Waals surface area contributed by atoms with E-state index in [2.05, 4.69) is 31.5 Å². The summed E-state index contributed by atoms with van der Waals surface area (Å²) in [6, 6.07) is 20.0. The van der Waals surface area contributed by atoms with E-state index in [9.17, 15) is 4.79 Å². The third-order valence-corrected chi connectivity index (χ3v) is 4.97. The van der Waals surface area contributed by atoms with Crippen LogP contribution in [-0.2, 0) is 0 Å². The number of nitrogens with zero attached hydrogens (tertiary/aromatic N) is 1. The van der Waals surface area contributed by atoms with Crippen molar-refractivity contribution in [2.75, 3.05) is 12.4 Å². The van der Waals surface area contributed by atoms with Crippen molar-refractivity contribution in [3.63, 3.8) is 0 Å². The van der Waals surface area contributed by atoms with Crippen molar-refractivity contribution >= 4 is 56.0 Å². The molecule has 0 spiro atoms. The van der Waals surface area contributed by atoms with Crippen LogP contribution < -0.4 is 15.4 Å². The van der Waals surface area contributed by atoms with Gasteiger partial charge in [-0.25, -0.2) is 4.98 Å². The molecule has 0 saturated carbocycles. The summed E-state index contributed by atoms with van der Waals surface area (Å²) in [6.07, 6.45) is 0. The molecular weight excluding hydrogens is 466 g/mol. The molecule has 4 aromatic rings. The first-order valence-electron chi connectivity index (χ1n) is 8.95. The van der Waals surface area contributed by atoms with Crippen LogP contribution in [0, 0.1) is 0 Å². The molecule has 0 bridgehead atoms. The lowest BCUT2D eigenvalue weighted by Gasteiger charge is -2.09. The van der Waals surface area contributed by atoms with Gasteiger partial charge < -0.3 is 14.5 Å². The van der Waals surface area contributed by atoms with E-state index < -0.39 is 0 Å². The normalized spacial score (nSPS) is 10.6. The SMILES string of the molecule is COc1cccc(-c2nc3cc(NC(=S)NC(=O)c4cccc(Br)c4)ccc3o2)c1. The Hall–Kier alpha value is -3.23. The number of ether oxygens (including phenoxy) is 1. The third-order valence-electron chi connectivity index (χ3n) is 4.28. The number of carbonyl (C=O) groups is 1. The zero-order valence-electron chi connectivity index (χ0n) is 15.8. The number of thiocarbonyl (C=S) groups is 1. The van der Waals surface area contributed by atoms with Crippen LogP contribution in [0.5, 0.6) is 5.75 Å². The Morgan fingerprint density at radius 3 is 2.73 bits per heavy atom. The van der Waals surface area contributed by atoms with E-state index >= 15 is 0 Å². The van der Waals surface area contributed by atoms with Crippen LogP contribution in [0.4, 0.5) is 5.69 Å². The molecule has 0 aliphatic carbocycles. The molecule has 30 heavy (non-hydrogen) atoms. The molecule has 1 heterocycles. The number of methoxy groups -OCH3 is 1. The van der Waals surface area contributed by atoms with Crippen LogP contribution in [0.25, 0.3) is 22.6 Å². The molecule has 0 atom stereocenters. The minimum atomic E-state index is -0.295. The molecule has 0 saturated heterocycles. The van der Waals surface area contributed by atoms with Gasteiger partial charge in [-0.2, -0.15) is 0 Å². The quantitative estimate of drug-likeness (QED) is 0.380. The molecule has 6 nitrogen and oxygen atoms in total. The average molecular weight is 482 g/mol. The van der Waals surface area contributed by atoms with E-state index in [1.807, 2.05) is 30.3 Å². The molecule has 3 aromatic carbocycles. The number of halogens is 1. The second-order valence-electron chi connectivity index (χ2n) is 6.35. The smallest absolute Gasteiger partial charge is 0.257 e. The van der Waals surface area contributed by atoms with Gasteiger partial charge in [-0.15, -0.1) is 0 Å². The van der Waals surface area contributed by atoms with Crippen molar-refractivity contribution in [3.05, 3.63) is 76.8 Å². The fourth-order valence-electron chi connectivity index (χ4n) is 2.85. The highest BCUT2D eigenvalue weighted by Crippen LogP contribution is 2.28. The number of rotatable bonds is 4. The molecule has 0 aliphatic rings. The zero-order chi connectivity index (χ0) is 21.1. The van der Waals surface area contributed by atoms with Gasteiger partial charge in [-0.05, 0) is 66.8 Å². The molecule has 0 aliphatic heterocycles. The van der Waals surface area contributed by atoms with Crippen molar-refractivity contribution in [2.24, 2.45) is 0 Å². The predicted octanol–water partition coefficient (Wildman–Crippen LogP) is 5.39. The van der Waals surface area contributed by atoms with Gasteiger partial charge in [-0.3, -0.25) is 10.1 Å². The number of nitrogens with one attached hydrogen (secondary N) is 2. The van der Waals surface area contributed by atoms with Crippen LogP contribution in [0.3, 0.4) is 0 Å². The van der Waals surface area contributed by atoms with Crippen LogP contribution in [0.15, 0.2) is 75.6 Å². The maximum atomic E-state index is 12.3. The number of aromatic nitrogens is 1. The summed E-state index contributed by atoms with van der Waals surface area (Å²) in [6.45, 7) is 0. The van der Waals surface area contributed by atoms with E-state index in [4.69, 9.17) is 21.4 Å². The third kappa shape index (κ3) is 4.50. The van der Waals surface area contributed by atoms with Gasteiger partial charge in [0, 0.05) is 21.3 Å². The van der Waals surface area contributed by atoms with Crippen molar-refractivity contribution < 1.29 is 13.9 Å². The zero-order valence-corrected chi connectivity index (χ0v) is 18.2. The summed E-state index contributed by atoms with van der Waals surface area (Å²) >= 11 is 8.61. The minimum absolute atomic E-state index is 0.191. The number of hydrogen-bond donors (Lipinski definition) is 2. The average Bonchev–Trinajstić information content (AvgIpc) is 3.17. The summed E-state index contributed by atoms with van der Waals surface area (Å²) in [4.78, 5) is 16.9. The summed E-state index contributed by atoms with van der Waals surface area (Å²) in [7, 11) is 1.61. The van der Waals surface area contributed by atoms with E-state index in [0.717, 1.165) is 15.8 Å². The second kappa shape index (κ2) is 8.64. The fourth-order valence-corrected chi connectivity index (χ4v) is 3.46. The highest BCUT2D eigenvalue weighted by Gasteiger charge is 2.12. The maximum absolute atomic E-state index is 12.3. The highest BCUT2D eigenvalue weighted by atomic mass is 79.9. The fraction of sp³-hybridized carbons (Fsp3) is 0.0455. The standard InChI is InChI=1S/C22H16BrN3O3S/c1-28-17-7-3-5-14(11-17)21-25-18-12-16(8-9-19(18)29-21)24-22(30)26-20(27)13-4-2-6-15(23)10-13/h2-12H,1H3,(H2,24,26,27,30). The van der Waals surface area contributed by atoms with Crippen LogP contribution in [0.1, 0.15) is 10.4 Å². The first-order chi connectivity index (χ1) is 14.5.